The van der Waals surface area contributed by atoms with E-state index in [2.05, 4.69) is 5.32 Å². The number of hydrogen-bond donors (Lipinski definition) is 1. The van der Waals surface area contributed by atoms with Crippen LogP contribution >= 0.6 is 0 Å². The summed E-state index contributed by atoms with van der Waals surface area (Å²) in [5.41, 5.74) is -2.22. The molecular weight excluding hydrogens is 539 g/mol. The fourth-order valence-electron chi connectivity index (χ4n) is 5.99. The Balaban J connectivity index is 0.00000361. The standard InChI is InChI=1S/C27H38N2O7.ClH.K/c1-18(22(31)28-16-17-29(4)5)8-7-12-25(3)21-11-14-26(24(33)36-25)13-9-20(23(32)34-6)10-15-27(21,26)35-19(2)30;;/h7-9,12,21H,10-11,13-17H2,1-6H3,(H,28,31);1H;/q;;+1/p-1/b12-7+,18-8+;;/t21-,25+,26+,27-;;/m0../s1. The van der Waals surface area contributed by atoms with Gasteiger partial charge in [0.25, 0.3) is 0 Å². The molecule has 38 heavy (non-hydrogen) atoms. The second-order valence-electron chi connectivity index (χ2n) is 10.4. The maximum atomic E-state index is 13.6. The molecule has 1 heterocycles. The molecule has 3 rings (SSSR count). The van der Waals surface area contributed by atoms with Gasteiger partial charge >= 0.3 is 69.3 Å². The van der Waals surface area contributed by atoms with Crippen LogP contribution < -0.4 is 69.1 Å². The van der Waals surface area contributed by atoms with Crippen molar-refractivity contribution in [1.82, 2.24) is 10.2 Å². The minimum absolute atomic E-state index is 0. The van der Waals surface area contributed by atoms with E-state index >= 15 is 0 Å². The Bertz CT molecular complexity index is 1030. The van der Waals surface area contributed by atoms with Gasteiger partial charge in [0.05, 0.1) is 7.11 Å². The van der Waals surface area contributed by atoms with Gasteiger partial charge in [0, 0.05) is 37.1 Å². The average Bonchev–Trinajstić information content (AvgIpc) is 2.95. The van der Waals surface area contributed by atoms with E-state index in [9.17, 15) is 19.2 Å². The zero-order chi connectivity index (χ0) is 26.7. The van der Waals surface area contributed by atoms with E-state index < -0.39 is 34.5 Å². The molecule has 4 atom stereocenters. The van der Waals surface area contributed by atoms with Crippen molar-refractivity contribution in [3.05, 3.63) is 35.5 Å². The molecule has 1 aliphatic heterocycles. The normalized spacial score (nSPS) is 30.2. The molecule has 1 saturated heterocycles. The number of carbonyl (C=O) groups excluding carboxylic acids is 4. The third-order valence-electron chi connectivity index (χ3n) is 7.84. The number of rotatable bonds is 8. The quantitative estimate of drug-likeness (QED) is 0.104. The fraction of sp³-hybridized carbons (Fsp3) is 0.630. The van der Waals surface area contributed by atoms with Gasteiger partial charge in [0.15, 0.2) is 0 Å². The number of hydrogen-bond acceptors (Lipinski definition) is 8. The summed E-state index contributed by atoms with van der Waals surface area (Å²) < 4.78 is 17.0. The topological polar surface area (TPSA) is 111 Å². The van der Waals surface area contributed by atoms with Crippen molar-refractivity contribution < 1.29 is 97.2 Å². The summed E-state index contributed by atoms with van der Waals surface area (Å²) in [7, 11) is 5.19. The van der Waals surface area contributed by atoms with E-state index in [0.717, 1.165) is 6.54 Å². The molecule has 0 aromatic rings. The molecule has 0 spiro atoms. The van der Waals surface area contributed by atoms with Crippen LogP contribution in [0.4, 0.5) is 0 Å². The molecule has 0 aromatic heterocycles. The third-order valence-corrected chi connectivity index (χ3v) is 7.84. The number of cyclic esters (lactones) is 1. The number of halogens is 1. The van der Waals surface area contributed by atoms with Crippen LogP contribution in [0.5, 0.6) is 0 Å². The Morgan fingerprint density at radius 1 is 1.24 bits per heavy atom. The molecule has 2 bridgehead atoms. The van der Waals surface area contributed by atoms with Crippen LogP contribution in [0.1, 0.15) is 52.9 Å². The van der Waals surface area contributed by atoms with Crippen LogP contribution in [0.3, 0.4) is 0 Å². The van der Waals surface area contributed by atoms with Gasteiger partial charge in [-0.1, -0.05) is 18.2 Å². The third kappa shape index (κ3) is 6.82. The Hall–Kier alpha value is -1.01. The molecule has 1 N–H and O–H groups in total. The molecule has 2 fully saturated rings. The SMILES string of the molecule is COC(=O)C1=CC[C@@]23CC[C@@H]([C@@](C)(/C=C/C=C(\C)C(=O)NCCN(C)C)OC2=O)[C@@]3(OC(C)=O)CC1.[Cl-].[K+]. The van der Waals surface area contributed by atoms with Crippen molar-refractivity contribution in [1.29, 1.82) is 0 Å². The van der Waals surface area contributed by atoms with Crippen molar-refractivity contribution in [3.8, 4) is 0 Å². The van der Waals surface area contributed by atoms with Crippen LogP contribution in [0.25, 0.3) is 0 Å². The summed E-state index contributed by atoms with van der Waals surface area (Å²) >= 11 is 0. The van der Waals surface area contributed by atoms with E-state index in [-0.39, 0.29) is 82.0 Å². The molecule has 2 aliphatic carbocycles. The maximum absolute atomic E-state index is 13.6. The van der Waals surface area contributed by atoms with Gasteiger partial charge in [0.1, 0.15) is 16.6 Å². The largest absolute Gasteiger partial charge is 1.00 e. The summed E-state index contributed by atoms with van der Waals surface area (Å²) in [6, 6.07) is 0. The first-order chi connectivity index (χ1) is 16.9. The van der Waals surface area contributed by atoms with Crippen LogP contribution in [0.15, 0.2) is 35.5 Å². The van der Waals surface area contributed by atoms with Gasteiger partial charge in [-0.2, -0.15) is 0 Å². The molecular formula is C27H38ClKN2O7. The summed E-state index contributed by atoms with van der Waals surface area (Å²) in [5.74, 6) is -1.84. The van der Waals surface area contributed by atoms with Crippen molar-refractivity contribution >= 4 is 23.8 Å². The molecule has 0 aromatic carbocycles. The summed E-state index contributed by atoms with van der Waals surface area (Å²) in [4.78, 5) is 52.5. The van der Waals surface area contributed by atoms with Crippen molar-refractivity contribution in [2.75, 3.05) is 34.3 Å². The van der Waals surface area contributed by atoms with Gasteiger partial charge in [-0.05, 0) is 66.1 Å². The predicted octanol–water partition coefficient (Wildman–Crippen LogP) is -3.53. The van der Waals surface area contributed by atoms with Crippen LogP contribution in [0.2, 0.25) is 0 Å². The number of carbonyl (C=O) groups is 4. The minimum Gasteiger partial charge on any atom is -1.00 e. The first-order valence-electron chi connectivity index (χ1n) is 12.4. The average molecular weight is 577 g/mol. The number of allylic oxidation sites excluding steroid dienone is 3. The van der Waals surface area contributed by atoms with Gasteiger partial charge in [-0.25, -0.2) is 4.79 Å². The summed E-state index contributed by atoms with van der Waals surface area (Å²) in [6.07, 6.45) is 8.91. The number of likely N-dealkylation sites (N-methyl/N-ethyl adjacent to an activating group) is 1. The van der Waals surface area contributed by atoms with Gasteiger partial charge < -0.3 is 36.8 Å². The van der Waals surface area contributed by atoms with Crippen LogP contribution in [0, 0.1) is 11.3 Å². The molecule has 3 aliphatic rings. The van der Waals surface area contributed by atoms with E-state index in [1.165, 1.54) is 14.0 Å². The zero-order valence-corrected chi connectivity index (χ0v) is 27.4. The molecule has 1 amide bonds. The molecule has 0 unspecified atom stereocenters. The second kappa shape index (κ2) is 14.1. The molecule has 11 heteroatoms. The fourth-order valence-corrected chi connectivity index (χ4v) is 5.99. The van der Waals surface area contributed by atoms with Crippen molar-refractivity contribution in [3.63, 3.8) is 0 Å². The van der Waals surface area contributed by atoms with E-state index in [0.29, 0.717) is 43.4 Å². The number of methoxy groups -OCH3 is 1. The zero-order valence-electron chi connectivity index (χ0n) is 23.5. The smallest absolute Gasteiger partial charge is 1.00 e. The van der Waals surface area contributed by atoms with E-state index in [4.69, 9.17) is 14.2 Å². The Morgan fingerprint density at radius 3 is 2.53 bits per heavy atom. The monoisotopic (exact) mass is 576 g/mol. The summed E-state index contributed by atoms with van der Waals surface area (Å²) in [6.45, 7) is 6.14. The van der Waals surface area contributed by atoms with E-state index in [1.54, 1.807) is 31.2 Å². The summed E-state index contributed by atoms with van der Waals surface area (Å²) in [5, 5.41) is 2.87. The number of nitrogens with zero attached hydrogens (tertiary/aromatic N) is 1. The molecule has 0 radical (unpaired) electrons. The number of nitrogens with one attached hydrogen (secondary N) is 1. The molecule has 1 saturated carbocycles. The Kier molecular flexibility index (Phi) is 12.9. The van der Waals surface area contributed by atoms with Gasteiger partial charge in [-0.3, -0.25) is 14.4 Å². The first kappa shape index (κ1) is 35.0. The number of esters is 3. The van der Waals surface area contributed by atoms with Crippen LogP contribution in [-0.4, -0.2) is 74.2 Å². The molecule has 9 nitrogen and oxygen atoms in total. The second-order valence-corrected chi connectivity index (χ2v) is 10.4. The van der Waals surface area contributed by atoms with Gasteiger partial charge in [0.2, 0.25) is 5.91 Å². The Morgan fingerprint density at radius 2 is 1.92 bits per heavy atom. The van der Waals surface area contributed by atoms with Crippen molar-refractivity contribution in [2.45, 2.75) is 64.1 Å². The van der Waals surface area contributed by atoms with E-state index in [1.807, 2.05) is 25.9 Å². The predicted molar refractivity (Wildman–Crippen MR) is 133 cm³/mol. The Labute approximate surface area is 274 Å². The molecule has 206 valence electrons. The van der Waals surface area contributed by atoms with Gasteiger partial charge in [-0.15, -0.1) is 0 Å². The maximum Gasteiger partial charge on any atom is 1.00 e. The number of ether oxygens (including phenoxy) is 3. The van der Waals surface area contributed by atoms with Crippen LogP contribution in [-0.2, 0) is 33.4 Å². The number of amides is 1. The van der Waals surface area contributed by atoms with Crippen molar-refractivity contribution in [2.24, 2.45) is 11.3 Å². The first-order valence-corrected chi connectivity index (χ1v) is 12.4. The minimum atomic E-state index is -1.11.